The van der Waals surface area contributed by atoms with Crippen LogP contribution in [0.3, 0.4) is 0 Å². The summed E-state index contributed by atoms with van der Waals surface area (Å²) >= 11 is 0. The van der Waals surface area contributed by atoms with Crippen molar-refractivity contribution in [2.24, 2.45) is 23.7 Å². The van der Waals surface area contributed by atoms with E-state index in [0.29, 0.717) is 12.8 Å². The summed E-state index contributed by atoms with van der Waals surface area (Å²) in [4.78, 5) is 52.0. The van der Waals surface area contributed by atoms with Gasteiger partial charge in [0.1, 0.15) is 6.10 Å². The Morgan fingerprint density at radius 3 is 2.43 bits per heavy atom. The Balaban J connectivity index is 0.00000342. The van der Waals surface area contributed by atoms with Crippen molar-refractivity contribution in [3.63, 3.8) is 0 Å². The molecule has 4 amide bonds. The van der Waals surface area contributed by atoms with Crippen molar-refractivity contribution in [1.29, 1.82) is 0 Å². The van der Waals surface area contributed by atoms with E-state index in [4.69, 9.17) is 15.2 Å². The SMILES string of the molecule is CC[C@@H]1OC(C(=O)NCC2C=CC(C)C3C(=O)N(CCCC(=O)NC)C(=O)C23)C(OC)[C@H](O)C1[NH-].[Ac].[Ac]. The van der Waals surface area contributed by atoms with Crippen LogP contribution in [-0.4, -0.2) is 91.3 Å². The molecule has 37 heavy (non-hydrogen) atoms. The van der Waals surface area contributed by atoms with Gasteiger partial charge in [-0.15, -0.1) is 0 Å². The number of allylic oxidation sites excluding steroid dienone is 1. The molecule has 3 aliphatic rings. The molecule has 2 radical (unpaired) electrons. The van der Waals surface area contributed by atoms with Gasteiger partial charge in [0.25, 0.3) is 5.91 Å². The molecule has 1 aliphatic carbocycles. The molecule has 9 atom stereocenters. The quantitative estimate of drug-likeness (QED) is 0.218. The third-order valence-electron chi connectivity index (χ3n) is 7.41. The van der Waals surface area contributed by atoms with Gasteiger partial charge in [-0.1, -0.05) is 32.0 Å². The van der Waals surface area contributed by atoms with Gasteiger partial charge in [-0.3, -0.25) is 24.1 Å². The molecule has 0 aromatic rings. The minimum atomic E-state index is -1.17. The van der Waals surface area contributed by atoms with Crippen LogP contribution in [0.4, 0.5) is 0 Å². The van der Waals surface area contributed by atoms with Crippen LogP contribution < -0.4 is 10.6 Å². The van der Waals surface area contributed by atoms with Gasteiger partial charge >= 0.3 is 0 Å². The van der Waals surface area contributed by atoms with Crippen LogP contribution >= 0.6 is 0 Å². The summed E-state index contributed by atoms with van der Waals surface area (Å²) in [6.45, 7) is 4.00. The van der Waals surface area contributed by atoms with E-state index in [1.54, 1.807) is 0 Å². The minimum absolute atomic E-state index is 0. The van der Waals surface area contributed by atoms with Gasteiger partial charge in [-0.05, 0) is 18.8 Å². The first kappa shape index (κ1) is 35.6. The first-order valence-corrected chi connectivity index (χ1v) is 12.2. The monoisotopic (exact) mass is 947 g/mol. The first-order chi connectivity index (χ1) is 16.7. The second-order valence-electron chi connectivity index (χ2n) is 9.53. The van der Waals surface area contributed by atoms with E-state index in [-0.39, 0.29) is 137 Å². The average molecular weight is 948 g/mol. The number of fused-ring (bicyclic) bond motifs is 1. The summed E-state index contributed by atoms with van der Waals surface area (Å²) in [5.41, 5.74) is 8.11. The summed E-state index contributed by atoms with van der Waals surface area (Å²) in [6, 6.07) is -0.922. The van der Waals surface area contributed by atoms with Gasteiger partial charge < -0.3 is 30.9 Å². The number of nitrogens with zero attached hydrogens (tertiary/aromatic N) is 1. The zero-order valence-electron chi connectivity index (χ0n) is 21.9. The maximum atomic E-state index is 13.2. The normalized spacial score (nSPS) is 34.8. The van der Waals surface area contributed by atoms with Crippen molar-refractivity contribution in [1.82, 2.24) is 15.5 Å². The number of methoxy groups -OCH3 is 1. The van der Waals surface area contributed by atoms with E-state index < -0.39 is 48.2 Å². The largest absolute Gasteiger partial charge is 0.670 e. The van der Waals surface area contributed by atoms with Crippen LogP contribution in [0.1, 0.15) is 33.1 Å². The Morgan fingerprint density at radius 2 is 1.84 bits per heavy atom. The van der Waals surface area contributed by atoms with Crippen LogP contribution in [0, 0.1) is 112 Å². The predicted octanol–water partition coefficient (Wildman–Crippen LogP) is 0.0262. The Labute approximate surface area is 289 Å². The Hall–Kier alpha value is 0.543. The number of likely N-dealkylation sites (tertiary alicyclic amines) is 1. The fourth-order valence-electron chi connectivity index (χ4n) is 5.37. The molecule has 0 saturated carbocycles. The van der Waals surface area contributed by atoms with Gasteiger partial charge in [0.05, 0.1) is 17.9 Å². The minimum Gasteiger partial charge on any atom is -0.670 e. The van der Waals surface area contributed by atoms with Crippen molar-refractivity contribution in [2.45, 2.75) is 63.6 Å². The second-order valence-corrected chi connectivity index (χ2v) is 9.53. The number of aliphatic hydroxyl groups is 1. The number of aliphatic hydroxyl groups excluding tert-OH is 1. The van der Waals surface area contributed by atoms with Gasteiger partial charge in [0.15, 0.2) is 6.10 Å². The average Bonchev–Trinajstić information content (AvgIpc) is 3.10. The van der Waals surface area contributed by atoms with E-state index in [0.717, 1.165) is 0 Å². The summed E-state index contributed by atoms with van der Waals surface area (Å²) in [6.07, 6.45) is 0.975. The Kier molecular flexibility index (Phi) is 15.5. The smallest absolute Gasteiger partial charge is 0.251 e. The van der Waals surface area contributed by atoms with E-state index in [1.807, 2.05) is 26.0 Å². The molecule has 0 bridgehead atoms. The standard InChI is InChI=1S/C24H37N4O7.2Ac/c1-5-14-18(25)19(30)20(34-4)21(35-14)22(31)27-11-13-9-8-12(2)16-17(13)24(33)28(23(16)32)10-6-7-15(29)26-3;;/h8-9,12-14,16-21,25,30H,5-7,10-11H2,1-4H3,(H,26,29)(H,27,31);;/q-1;;/t12?,13?,14-,16?,17?,18?,19+,20?,21?;;/m0../s1. The summed E-state index contributed by atoms with van der Waals surface area (Å²) in [7, 11) is 2.89. The number of hydrogen-bond acceptors (Lipinski definition) is 7. The first-order valence-electron chi connectivity index (χ1n) is 12.2. The molecule has 202 valence electrons. The van der Waals surface area contributed by atoms with Crippen molar-refractivity contribution >= 4 is 23.6 Å². The van der Waals surface area contributed by atoms with E-state index in [9.17, 15) is 24.3 Å². The molecule has 7 unspecified atom stereocenters. The number of rotatable bonds is 9. The predicted molar refractivity (Wildman–Crippen MR) is 126 cm³/mol. The number of ether oxygens (including phenoxy) is 2. The molecule has 0 spiro atoms. The number of carbonyl (C=O) groups excluding carboxylic acids is 4. The molecule has 2 fully saturated rings. The molecule has 11 nitrogen and oxygen atoms in total. The fourth-order valence-corrected chi connectivity index (χ4v) is 5.37. The second kappa shape index (κ2) is 16.1. The molecule has 2 aliphatic heterocycles. The molecule has 13 heteroatoms. The van der Waals surface area contributed by atoms with Gasteiger partial charge in [-0.25, -0.2) is 0 Å². The maximum Gasteiger partial charge on any atom is 0.251 e. The summed E-state index contributed by atoms with van der Waals surface area (Å²) < 4.78 is 11.1. The maximum absolute atomic E-state index is 13.2. The molecule has 3 rings (SSSR count). The van der Waals surface area contributed by atoms with Gasteiger partial charge in [0, 0.05) is 134 Å². The Morgan fingerprint density at radius 1 is 1.19 bits per heavy atom. The molecule has 0 aromatic heterocycles. The third-order valence-corrected chi connectivity index (χ3v) is 7.41. The number of hydrogen-bond donors (Lipinski definition) is 3. The van der Waals surface area contributed by atoms with Crippen molar-refractivity contribution < 1.29 is 122 Å². The molecule has 0 aromatic carbocycles. The van der Waals surface area contributed by atoms with Crippen molar-refractivity contribution in [3.8, 4) is 0 Å². The van der Waals surface area contributed by atoms with E-state index in [2.05, 4.69) is 10.6 Å². The molecular formula is C24H37Ac2N4O7-. The van der Waals surface area contributed by atoms with Gasteiger partial charge in [0.2, 0.25) is 17.7 Å². The topological polar surface area (TPSA) is 158 Å². The van der Waals surface area contributed by atoms with Gasteiger partial charge in [-0.2, -0.15) is 0 Å². The summed E-state index contributed by atoms with van der Waals surface area (Å²) in [5, 5.41) is 15.8. The third kappa shape index (κ3) is 7.85. The molecule has 4 N–H and O–H groups in total. The van der Waals surface area contributed by atoms with E-state index >= 15 is 0 Å². The van der Waals surface area contributed by atoms with Crippen LogP contribution in [0.2, 0.25) is 0 Å². The van der Waals surface area contributed by atoms with Crippen LogP contribution in [0.5, 0.6) is 0 Å². The zero-order chi connectivity index (χ0) is 25.9. The molecular weight excluding hydrogens is 910 g/mol. The summed E-state index contributed by atoms with van der Waals surface area (Å²) in [5.74, 6) is -2.79. The van der Waals surface area contributed by atoms with Crippen LogP contribution in [-0.2, 0) is 28.7 Å². The fraction of sp³-hybridized carbons (Fsp3) is 0.750. The van der Waals surface area contributed by atoms with Crippen molar-refractivity contribution in [3.05, 3.63) is 17.9 Å². The number of imide groups is 1. The number of nitrogens with one attached hydrogen (secondary N) is 3. The number of amides is 4. The Bertz CT molecular complexity index is 861. The molecule has 2 heterocycles. The van der Waals surface area contributed by atoms with Crippen molar-refractivity contribution in [2.75, 3.05) is 27.2 Å². The number of carbonyl (C=O) groups is 4. The van der Waals surface area contributed by atoms with Crippen LogP contribution in [0.25, 0.3) is 5.73 Å². The zero-order valence-corrected chi connectivity index (χ0v) is 31.4. The van der Waals surface area contributed by atoms with E-state index in [1.165, 1.54) is 19.1 Å². The van der Waals surface area contributed by atoms with Crippen LogP contribution in [0.15, 0.2) is 12.2 Å². The molecule has 2 saturated heterocycles.